The molecule has 0 bridgehead atoms. The van der Waals surface area contributed by atoms with Gasteiger partial charge in [0.25, 0.3) is 10.0 Å². The summed E-state index contributed by atoms with van der Waals surface area (Å²) >= 11 is 0. The first kappa shape index (κ1) is 21.2. The summed E-state index contributed by atoms with van der Waals surface area (Å²) in [6.45, 7) is 2.86. The second-order valence-electron chi connectivity index (χ2n) is 6.53. The highest BCUT2D eigenvalue weighted by atomic mass is 35.5. The molecule has 27 heavy (non-hydrogen) atoms. The minimum Gasteiger partial charge on any atom is -0.324 e. The number of hydrogen-bond donors (Lipinski definition) is 3. The Morgan fingerprint density at radius 2 is 1.67 bits per heavy atom. The quantitative estimate of drug-likeness (QED) is 0.707. The summed E-state index contributed by atoms with van der Waals surface area (Å²) in [7, 11) is -3.72. The van der Waals surface area contributed by atoms with E-state index in [1.165, 1.54) is 12.1 Å². The summed E-state index contributed by atoms with van der Waals surface area (Å²) in [5.41, 5.74) is 0.815. The molecule has 6 nitrogen and oxygen atoms in total. The number of benzene rings is 2. The van der Waals surface area contributed by atoms with Crippen LogP contribution in [0.25, 0.3) is 0 Å². The zero-order valence-electron chi connectivity index (χ0n) is 15.0. The van der Waals surface area contributed by atoms with Gasteiger partial charge < -0.3 is 10.6 Å². The maximum absolute atomic E-state index is 12.6. The summed E-state index contributed by atoms with van der Waals surface area (Å²) < 4.78 is 27.7. The Labute approximate surface area is 166 Å². The highest BCUT2D eigenvalue weighted by Crippen LogP contribution is 2.26. The molecule has 0 saturated carbocycles. The fourth-order valence-corrected chi connectivity index (χ4v) is 4.19. The number of carbonyl (C=O) groups excluding carboxylic acids is 1. The lowest BCUT2D eigenvalue weighted by atomic mass is 9.92. The average Bonchev–Trinajstić information content (AvgIpc) is 2.64. The number of rotatable bonds is 5. The first-order valence-electron chi connectivity index (χ1n) is 8.67. The molecule has 2 aromatic carbocycles. The van der Waals surface area contributed by atoms with Crippen LogP contribution in [0.2, 0.25) is 0 Å². The van der Waals surface area contributed by atoms with E-state index in [2.05, 4.69) is 22.3 Å². The predicted molar refractivity (Wildman–Crippen MR) is 110 cm³/mol. The predicted octanol–water partition coefficient (Wildman–Crippen LogP) is 3.24. The Bertz CT molecular complexity index is 875. The normalized spacial score (nSPS) is 19.6. The Kier molecular flexibility index (Phi) is 7.24. The van der Waals surface area contributed by atoms with Crippen molar-refractivity contribution in [1.29, 1.82) is 0 Å². The third-order valence-corrected chi connectivity index (χ3v) is 5.86. The molecule has 0 radical (unpaired) electrons. The van der Waals surface area contributed by atoms with Crippen LogP contribution < -0.4 is 15.4 Å². The number of piperidine rings is 1. The van der Waals surface area contributed by atoms with Gasteiger partial charge in [-0.1, -0.05) is 30.3 Å². The van der Waals surface area contributed by atoms with Gasteiger partial charge in [0.15, 0.2) is 0 Å². The third-order valence-electron chi connectivity index (χ3n) is 4.48. The van der Waals surface area contributed by atoms with Crippen LogP contribution in [-0.4, -0.2) is 26.9 Å². The molecule has 2 aromatic rings. The van der Waals surface area contributed by atoms with Crippen LogP contribution >= 0.6 is 12.4 Å². The Hall–Kier alpha value is -2.09. The van der Waals surface area contributed by atoms with E-state index < -0.39 is 10.0 Å². The van der Waals surface area contributed by atoms with Crippen molar-refractivity contribution in [3.8, 4) is 0 Å². The fourth-order valence-electron chi connectivity index (χ4n) is 3.09. The number of sulfonamides is 1. The lowest BCUT2D eigenvalue weighted by Crippen LogP contribution is -2.40. The van der Waals surface area contributed by atoms with E-state index in [0.717, 1.165) is 19.4 Å². The minimum atomic E-state index is -3.72. The van der Waals surface area contributed by atoms with Crippen molar-refractivity contribution in [3.63, 3.8) is 0 Å². The van der Waals surface area contributed by atoms with Crippen molar-refractivity contribution >= 4 is 39.7 Å². The number of nitrogens with one attached hydrogen (secondary N) is 3. The topological polar surface area (TPSA) is 87.3 Å². The summed E-state index contributed by atoms with van der Waals surface area (Å²) in [5, 5.41) is 6.20. The van der Waals surface area contributed by atoms with Crippen LogP contribution in [0, 0.1) is 5.92 Å². The van der Waals surface area contributed by atoms with Crippen LogP contribution in [-0.2, 0) is 14.8 Å². The fraction of sp³-hybridized carbons (Fsp3) is 0.316. The van der Waals surface area contributed by atoms with Crippen molar-refractivity contribution in [2.24, 2.45) is 5.92 Å². The largest absolute Gasteiger partial charge is 0.324 e. The highest BCUT2D eigenvalue weighted by Gasteiger charge is 2.25. The summed E-state index contributed by atoms with van der Waals surface area (Å²) in [6.07, 6.45) is 1.54. The standard InChI is InChI=1S/C19H23N3O3S.ClH/c1-14-13-15(11-12-20-14)19(23)21-17-9-5-6-10-18(17)22-26(24,25)16-7-3-2-4-8-16;/h2-10,14-15,20,22H,11-13H2,1H3,(H,21,23);1H/t14-,15-;/m0./s1. The molecule has 8 heteroatoms. The summed E-state index contributed by atoms with van der Waals surface area (Å²) in [4.78, 5) is 12.8. The number of hydrogen-bond acceptors (Lipinski definition) is 4. The molecule has 1 amide bonds. The average molecular weight is 410 g/mol. The maximum atomic E-state index is 12.6. The van der Waals surface area contributed by atoms with Gasteiger partial charge in [-0.05, 0) is 50.6 Å². The van der Waals surface area contributed by atoms with Crippen molar-refractivity contribution in [2.75, 3.05) is 16.6 Å². The van der Waals surface area contributed by atoms with Gasteiger partial charge in [-0.25, -0.2) is 8.42 Å². The lowest BCUT2D eigenvalue weighted by Gasteiger charge is -2.27. The van der Waals surface area contributed by atoms with E-state index in [1.54, 1.807) is 42.5 Å². The molecule has 1 aliphatic rings. The Morgan fingerprint density at radius 3 is 2.33 bits per heavy atom. The highest BCUT2D eigenvalue weighted by molar-refractivity contribution is 7.92. The molecule has 2 atom stereocenters. The molecule has 1 fully saturated rings. The molecule has 1 saturated heterocycles. The van der Waals surface area contributed by atoms with Crippen LogP contribution in [0.15, 0.2) is 59.5 Å². The van der Waals surface area contributed by atoms with Gasteiger partial charge in [-0.15, -0.1) is 12.4 Å². The van der Waals surface area contributed by atoms with Crippen molar-refractivity contribution in [1.82, 2.24) is 5.32 Å². The second kappa shape index (κ2) is 9.21. The smallest absolute Gasteiger partial charge is 0.261 e. The van der Waals surface area contributed by atoms with E-state index >= 15 is 0 Å². The first-order chi connectivity index (χ1) is 12.5. The molecule has 1 heterocycles. The van der Waals surface area contributed by atoms with E-state index in [1.807, 2.05) is 0 Å². The van der Waals surface area contributed by atoms with Gasteiger partial charge >= 0.3 is 0 Å². The molecular formula is C19H24ClN3O3S. The van der Waals surface area contributed by atoms with Crippen molar-refractivity contribution < 1.29 is 13.2 Å². The molecular weight excluding hydrogens is 386 g/mol. The first-order valence-corrected chi connectivity index (χ1v) is 10.1. The molecule has 0 aliphatic carbocycles. The van der Waals surface area contributed by atoms with Gasteiger partial charge in [-0.3, -0.25) is 9.52 Å². The number of carbonyl (C=O) groups is 1. The van der Waals surface area contributed by atoms with Crippen molar-refractivity contribution in [3.05, 3.63) is 54.6 Å². The van der Waals surface area contributed by atoms with Gasteiger partial charge in [-0.2, -0.15) is 0 Å². The molecule has 0 unspecified atom stereocenters. The molecule has 1 aliphatic heterocycles. The summed E-state index contributed by atoms with van der Waals surface area (Å²) in [5.74, 6) is -0.158. The number of para-hydroxylation sites is 2. The number of anilines is 2. The molecule has 3 N–H and O–H groups in total. The number of amides is 1. The molecule has 3 rings (SSSR count). The van der Waals surface area contributed by atoms with Gasteiger partial charge in [0.1, 0.15) is 0 Å². The van der Waals surface area contributed by atoms with E-state index in [0.29, 0.717) is 17.4 Å². The number of halogens is 1. The summed E-state index contributed by atoms with van der Waals surface area (Å²) in [6, 6.07) is 15.3. The maximum Gasteiger partial charge on any atom is 0.261 e. The van der Waals surface area contributed by atoms with E-state index in [9.17, 15) is 13.2 Å². The molecule has 146 valence electrons. The van der Waals surface area contributed by atoms with Crippen LogP contribution in [0.4, 0.5) is 11.4 Å². The monoisotopic (exact) mass is 409 g/mol. The lowest BCUT2D eigenvalue weighted by molar-refractivity contribution is -0.120. The SMILES string of the molecule is C[C@H]1C[C@@H](C(=O)Nc2ccccc2NS(=O)(=O)c2ccccc2)CCN1.Cl. The molecule has 0 aromatic heterocycles. The Morgan fingerprint density at radius 1 is 1.04 bits per heavy atom. The van der Waals surface area contributed by atoms with Crippen molar-refractivity contribution in [2.45, 2.75) is 30.7 Å². The van der Waals surface area contributed by atoms with Crippen LogP contribution in [0.1, 0.15) is 19.8 Å². The van der Waals surface area contributed by atoms with Gasteiger partial charge in [0.05, 0.1) is 16.3 Å². The van der Waals surface area contributed by atoms with Gasteiger partial charge in [0.2, 0.25) is 5.91 Å². The minimum absolute atomic E-state index is 0. The molecule has 0 spiro atoms. The third kappa shape index (κ3) is 5.45. The van der Waals surface area contributed by atoms with E-state index in [-0.39, 0.29) is 29.1 Å². The van der Waals surface area contributed by atoms with Crippen LogP contribution in [0.5, 0.6) is 0 Å². The van der Waals surface area contributed by atoms with E-state index in [4.69, 9.17) is 0 Å². The van der Waals surface area contributed by atoms with Crippen LogP contribution in [0.3, 0.4) is 0 Å². The zero-order chi connectivity index (χ0) is 18.6. The Balaban J connectivity index is 0.00000261. The second-order valence-corrected chi connectivity index (χ2v) is 8.21. The van der Waals surface area contributed by atoms with Gasteiger partial charge in [0, 0.05) is 12.0 Å². The zero-order valence-corrected chi connectivity index (χ0v) is 16.6.